The summed E-state index contributed by atoms with van der Waals surface area (Å²) in [6.45, 7) is 1.16. The highest BCUT2D eigenvalue weighted by atomic mass is 16.2. The van der Waals surface area contributed by atoms with Crippen molar-refractivity contribution in [2.45, 2.75) is 82.7 Å². The van der Waals surface area contributed by atoms with Crippen LogP contribution in [-0.4, -0.2) is 48.8 Å². The normalized spacial score (nSPS) is 15.7. The van der Waals surface area contributed by atoms with E-state index in [0.29, 0.717) is 25.2 Å². The third-order valence-corrected chi connectivity index (χ3v) is 4.54. The van der Waals surface area contributed by atoms with E-state index in [1.54, 1.807) is 0 Å². The standard InChI is InChI=1S/C19H32N4O4/c24-16(8-10-18(26)22-14-4-5-14)20-12-2-1-3-13-21-17(25)9-11-19(27)23-15-6-7-15/h14-15H,1-13H2,(H,20,24)(H,21,25)(H,22,26)(H,23,27). The van der Waals surface area contributed by atoms with Gasteiger partial charge >= 0.3 is 0 Å². The zero-order chi connectivity index (χ0) is 19.5. The van der Waals surface area contributed by atoms with Gasteiger partial charge in [-0.05, 0) is 44.9 Å². The second-order valence-corrected chi connectivity index (χ2v) is 7.44. The molecule has 0 aliphatic heterocycles. The van der Waals surface area contributed by atoms with Crippen molar-refractivity contribution < 1.29 is 19.2 Å². The molecule has 4 amide bonds. The molecule has 2 rings (SSSR count). The Morgan fingerprint density at radius 2 is 0.926 bits per heavy atom. The summed E-state index contributed by atoms with van der Waals surface area (Å²) in [5, 5.41) is 11.3. The Morgan fingerprint density at radius 1 is 0.556 bits per heavy atom. The van der Waals surface area contributed by atoms with Crippen molar-refractivity contribution >= 4 is 23.6 Å². The van der Waals surface area contributed by atoms with Crippen molar-refractivity contribution in [3.8, 4) is 0 Å². The lowest BCUT2D eigenvalue weighted by atomic mass is 10.2. The first-order chi connectivity index (χ1) is 13.0. The van der Waals surface area contributed by atoms with Crippen molar-refractivity contribution in [3.05, 3.63) is 0 Å². The molecule has 27 heavy (non-hydrogen) atoms. The molecule has 0 radical (unpaired) electrons. The molecule has 0 heterocycles. The van der Waals surface area contributed by atoms with Crippen molar-refractivity contribution in [2.75, 3.05) is 13.1 Å². The first kappa shape index (κ1) is 21.2. The fourth-order valence-corrected chi connectivity index (χ4v) is 2.57. The van der Waals surface area contributed by atoms with Crippen LogP contribution in [0.4, 0.5) is 0 Å². The minimum absolute atomic E-state index is 0.0478. The van der Waals surface area contributed by atoms with E-state index in [4.69, 9.17) is 0 Å². The smallest absolute Gasteiger partial charge is 0.220 e. The fraction of sp³-hybridized carbons (Fsp3) is 0.789. The quantitative estimate of drug-likeness (QED) is 0.329. The number of hydrogen-bond acceptors (Lipinski definition) is 4. The summed E-state index contributed by atoms with van der Waals surface area (Å²) in [6.07, 6.45) is 7.70. The molecule has 152 valence electrons. The predicted octanol–water partition coefficient (Wildman–Crippen LogP) is 0.507. The van der Waals surface area contributed by atoms with E-state index >= 15 is 0 Å². The van der Waals surface area contributed by atoms with Crippen LogP contribution in [-0.2, 0) is 19.2 Å². The molecular weight excluding hydrogens is 348 g/mol. The fourth-order valence-electron chi connectivity index (χ4n) is 2.57. The van der Waals surface area contributed by atoms with Crippen LogP contribution in [0.25, 0.3) is 0 Å². The molecule has 2 aliphatic carbocycles. The first-order valence-corrected chi connectivity index (χ1v) is 10.1. The van der Waals surface area contributed by atoms with Gasteiger partial charge in [0.2, 0.25) is 23.6 Å². The van der Waals surface area contributed by atoms with Crippen molar-refractivity contribution in [3.63, 3.8) is 0 Å². The number of rotatable bonds is 14. The Labute approximate surface area is 160 Å². The first-order valence-electron chi connectivity index (χ1n) is 10.1. The van der Waals surface area contributed by atoms with Gasteiger partial charge in [0.05, 0.1) is 0 Å². The minimum atomic E-state index is -0.0984. The summed E-state index contributed by atoms with van der Waals surface area (Å²) >= 11 is 0. The average Bonchev–Trinajstić information content (AvgIpc) is 3.54. The van der Waals surface area contributed by atoms with Gasteiger partial charge in [0.1, 0.15) is 0 Å². The number of unbranched alkanes of at least 4 members (excludes halogenated alkanes) is 2. The predicted molar refractivity (Wildman–Crippen MR) is 101 cm³/mol. The van der Waals surface area contributed by atoms with E-state index in [-0.39, 0.29) is 49.3 Å². The number of carbonyl (C=O) groups excluding carboxylic acids is 4. The topological polar surface area (TPSA) is 116 Å². The Morgan fingerprint density at radius 3 is 1.30 bits per heavy atom. The Kier molecular flexibility index (Phi) is 9.07. The lowest BCUT2D eigenvalue weighted by Crippen LogP contribution is -2.30. The second-order valence-electron chi connectivity index (χ2n) is 7.44. The maximum atomic E-state index is 11.6. The van der Waals surface area contributed by atoms with E-state index in [9.17, 15) is 19.2 Å². The molecule has 8 nitrogen and oxygen atoms in total. The third kappa shape index (κ3) is 11.2. The molecule has 0 bridgehead atoms. The lowest BCUT2D eigenvalue weighted by Gasteiger charge is -2.07. The molecule has 0 aromatic heterocycles. The van der Waals surface area contributed by atoms with Crippen molar-refractivity contribution in [1.82, 2.24) is 21.3 Å². The van der Waals surface area contributed by atoms with Crippen LogP contribution in [0.1, 0.15) is 70.6 Å². The molecule has 0 aromatic carbocycles. The summed E-state index contributed by atoms with van der Waals surface area (Å²) in [4.78, 5) is 46.3. The molecular formula is C19H32N4O4. The zero-order valence-electron chi connectivity index (χ0n) is 16.0. The molecule has 2 saturated carbocycles. The van der Waals surface area contributed by atoms with Crippen LogP contribution >= 0.6 is 0 Å². The van der Waals surface area contributed by atoms with E-state index in [1.165, 1.54) is 0 Å². The van der Waals surface area contributed by atoms with E-state index in [1.807, 2.05) is 0 Å². The van der Waals surface area contributed by atoms with E-state index in [2.05, 4.69) is 21.3 Å². The number of carbonyl (C=O) groups is 4. The van der Waals surface area contributed by atoms with Crippen molar-refractivity contribution in [2.24, 2.45) is 0 Å². The van der Waals surface area contributed by atoms with E-state index < -0.39 is 0 Å². The van der Waals surface area contributed by atoms with Gasteiger partial charge in [0, 0.05) is 50.9 Å². The largest absolute Gasteiger partial charge is 0.356 e. The van der Waals surface area contributed by atoms with Gasteiger partial charge in [-0.15, -0.1) is 0 Å². The molecule has 0 atom stereocenters. The summed E-state index contributed by atoms with van der Waals surface area (Å²) in [7, 11) is 0. The maximum Gasteiger partial charge on any atom is 0.220 e. The number of amides is 4. The van der Waals surface area contributed by atoms with Gasteiger partial charge in [-0.3, -0.25) is 19.2 Å². The van der Waals surface area contributed by atoms with Gasteiger partial charge in [0.25, 0.3) is 0 Å². The van der Waals surface area contributed by atoms with E-state index in [0.717, 1.165) is 44.9 Å². The van der Waals surface area contributed by atoms with Gasteiger partial charge in [-0.1, -0.05) is 0 Å². The summed E-state index contributed by atoms with van der Waals surface area (Å²) in [5.74, 6) is -0.292. The monoisotopic (exact) mass is 380 g/mol. The van der Waals surface area contributed by atoms with Gasteiger partial charge < -0.3 is 21.3 Å². The maximum absolute atomic E-state index is 11.6. The molecule has 0 saturated heterocycles. The minimum Gasteiger partial charge on any atom is -0.356 e. The average molecular weight is 380 g/mol. The highest BCUT2D eigenvalue weighted by Gasteiger charge is 2.23. The second kappa shape index (κ2) is 11.6. The van der Waals surface area contributed by atoms with Crippen LogP contribution in [0.2, 0.25) is 0 Å². The van der Waals surface area contributed by atoms with Crippen LogP contribution in [0, 0.1) is 0 Å². The lowest BCUT2D eigenvalue weighted by molar-refractivity contribution is -0.126. The van der Waals surface area contributed by atoms with Crippen LogP contribution in [0.3, 0.4) is 0 Å². The van der Waals surface area contributed by atoms with Gasteiger partial charge in [-0.2, -0.15) is 0 Å². The zero-order valence-corrected chi connectivity index (χ0v) is 16.0. The summed E-state index contributed by atoms with van der Waals surface area (Å²) < 4.78 is 0. The van der Waals surface area contributed by atoms with Gasteiger partial charge in [0.15, 0.2) is 0 Å². The van der Waals surface area contributed by atoms with Crippen LogP contribution in [0.15, 0.2) is 0 Å². The number of hydrogen-bond donors (Lipinski definition) is 4. The Bertz CT molecular complexity index is 484. The molecule has 0 unspecified atom stereocenters. The molecule has 2 aliphatic rings. The highest BCUT2D eigenvalue weighted by molar-refractivity contribution is 5.84. The van der Waals surface area contributed by atoms with Crippen molar-refractivity contribution in [1.29, 1.82) is 0 Å². The Hall–Kier alpha value is -2.12. The molecule has 8 heteroatoms. The summed E-state index contributed by atoms with van der Waals surface area (Å²) in [6, 6.07) is 0.668. The third-order valence-electron chi connectivity index (χ3n) is 4.54. The Balaban J connectivity index is 1.34. The molecule has 0 aromatic rings. The highest BCUT2D eigenvalue weighted by Crippen LogP contribution is 2.19. The molecule has 4 N–H and O–H groups in total. The van der Waals surface area contributed by atoms with Crippen LogP contribution < -0.4 is 21.3 Å². The van der Waals surface area contributed by atoms with Gasteiger partial charge in [-0.25, -0.2) is 0 Å². The van der Waals surface area contributed by atoms with Crippen LogP contribution in [0.5, 0.6) is 0 Å². The SMILES string of the molecule is O=C(CCC(=O)NC1CC1)NCCCCCNC(=O)CCC(=O)NC1CC1. The number of nitrogens with one attached hydrogen (secondary N) is 4. The molecule has 2 fully saturated rings. The summed E-state index contributed by atoms with van der Waals surface area (Å²) in [5.41, 5.74) is 0. The molecule has 0 spiro atoms.